The smallest absolute Gasteiger partial charge is 0.426 e. The molecule has 0 spiro atoms. The fraction of sp³-hybridized carbons (Fsp3) is 0.333. The molecule has 0 atom stereocenters. The van der Waals surface area contributed by atoms with Gasteiger partial charge in [0.25, 0.3) is 5.91 Å². The highest BCUT2D eigenvalue weighted by atomic mass is 16.5. The molecule has 0 radical (unpaired) electrons. The van der Waals surface area contributed by atoms with E-state index in [0.29, 0.717) is 6.61 Å². The van der Waals surface area contributed by atoms with Crippen molar-refractivity contribution in [1.29, 1.82) is 0 Å². The Balaban J connectivity index is 0.000000544. The Hall–Kier alpha value is -2.86. The van der Waals surface area contributed by atoms with Crippen LogP contribution in [0.15, 0.2) is 48.9 Å². The number of methoxy groups -OCH3 is 2. The molecule has 0 saturated heterocycles. The lowest BCUT2D eigenvalue weighted by molar-refractivity contribution is -0.119. The number of ether oxygens (including phenoxy) is 2. The summed E-state index contributed by atoms with van der Waals surface area (Å²) in [5.41, 5.74) is 1.32. The van der Waals surface area contributed by atoms with Crippen molar-refractivity contribution in [3.63, 3.8) is 0 Å². The zero-order chi connectivity index (χ0) is 21.9. The molecule has 2 amide bonds. The third-order valence-corrected chi connectivity index (χ3v) is 2.84. The van der Waals surface area contributed by atoms with E-state index >= 15 is 0 Å². The van der Waals surface area contributed by atoms with Crippen LogP contribution in [-0.4, -0.2) is 73.3 Å². The zero-order valence-electron chi connectivity index (χ0n) is 16.7. The number of carbonyl (C=O) groups excluding carboxylic acids is 2. The monoisotopic (exact) mass is 406 g/mol. The third kappa shape index (κ3) is 14.8. The number of nitrogens with zero attached hydrogens (tertiary/aromatic N) is 2. The molecule has 158 valence electrons. The summed E-state index contributed by atoms with van der Waals surface area (Å²) in [6, 6.07) is 10.1. The SMILES string of the molecule is COC.COCc1ccccc1.O=C(CNC(=O)c1cnccn1)NCB(O)O. The molecular formula is C18H27BN4O6. The number of benzene rings is 1. The number of hydrogen-bond donors (Lipinski definition) is 4. The van der Waals surface area contributed by atoms with Crippen LogP contribution in [0.4, 0.5) is 0 Å². The average molecular weight is 406 g/mol. The number of carbonyl (C=O) groups is 2. The van der Waals surface area contributed by atoms with Gasteiger partial charge in [0.05, 0.1) is 25.8 Å². The molecular weight excluding hydrogens is 379 g/mol. The summed E-state index contributed by atoms with van der Waals surface area (Å²) in [5.74, 6) is -1.06. The van der Waals surface area contributed by atoms with Gasteiger partial charge in [0.15, 0.2) is 0 Å². The van der Waals surface area contributed by atoms with E-state index in [2.05, 4.69) is 25.3 Å². The Bertz CT molecular complexity index is 677. The molecule has 0 bridgehead atoms. The number of nitrogens with one attached hydrogen (secondary N) is 2. The standard InChI is InChI=1S/C8H11BN4O4.C8H10O.C2H6O/c14-7(13-5-9(16)17)4-12-8(15)6-3-10-1-2-11-6;1-9-7-8-5-3-2-4-6-8;1-3-2/h1-3,16-17H,4-5H2,(H,12,15)(H,13,14);2-6H,7H2,1H3;1-2H3. The minimum Gasteiger partial charge on any atom is -0.426 e. The second kappa shape index (κ2) is 17.3. The van der Waals surface area contributed by atoms with Crippen LogP contribution in [0.1, 0.15) is 16.1 Å². The number of aromatic nitrogens is 2. The Kier molecular flexibility index (Phi) is 15.6. The fourth-order valence-corrected chi connectivity index (χ4v) is 1.68. The third-order valence-electron chi connectivity index (χ3n) is 2.84. The van der Waals surface area contributed by atoms with Gasteiger partial charge >= 0.3 is 7.12 Å². The quantitative estimate of drug-likeness (QED) is 0.448. The van der Waals surface area contributed by atoms with E-state index in [1.54, 1.807) is 21.3 Å². The van der Waals surface area contributed by atoms with E-state index in [9.17, 15) is 9.59 Å². The van der Waals surface area contributed by atoms with Crippen molar-refractivity contribution in [2.75, 3.05) is 34.3 Å². The van der Waals surface area contributed by atoms with Crippen LogP contribution in [0.5, 0.6) is 0 Å². The van der Waals surface area contributed by atoms with Crippen molar-refractivity contribution in [2.24, 2.45) is 0 Å². The zero-order valence-corrected chi connectivity index (χ0v) is 16.7. The van der Waals surface area contributed by atoms with Crippen LogP contribution in [0.3, 0.4) is 0 Å². The van der Waals surface area contributed by atoms with Crippen molar-refractivity contribution >= 4 is 18.9 Å². The molecule has 2 aromatic rings. The van der Waals surface area contributed by atoms with Crippen LogP contribution in [0.2, 0.25) is 0 Å². The summed E-state index contributed by atoms with van der Waals surface area (Å²) in [5, 5.41) is 21.5. The Morgan fingerprint density at radius 3 is 2.24 bits per heavy atom. The van der Waals surface area contributed by atoms with Crippen LogP contribution >= 0.6 is 0 Å². The van der Waals surface area contributed by atoms with E-state index in [1.165, 1.54) is 24.2 Å². The topological polar surface area (TPSA) is 143 Å². The summed E-state index contributed by atoms with van der Waals surface area (Å²) < 4.78 is 9.18. The molecule has 0 aliphatic rings. The molecule has 11 heteroatoms. The highest BCUT2D eigenvalue weighted by Crippen LogP contribution is 1.98. The minimum atomic E-state index is -1.62. The van der Waals surface area contributed by atoms with E-state index in [1.807, 2.05) is 30.3 Å². The largest absolute Gasteiger partial charge is 0.472 e. The van der Waals surface area contributed by atoms with Crippen molar-refractivity contribution < 1.29 is 29.1 Å². The van der Waals surface area contributed by atoms with Gasteiger partial charge in [-0.3, -0.25) is 14.6 Å². The number of amides is 2. The lowest BCUT2D eigenvalue weighted by atomic mass is 9.93. The Morgan fingerprint density at radius 1 is 1.07 bits per heavy atom. The molecule has 1 aromatic heterocycles. The highest BCUT2D eigenvalue weighted by molar-refractivity contribution is 6.41. The molecule has 0 saturated carbocycles. The molecule has 0 aliphatic carbocycles. The van der Waals surface area contributed by atoms with Crippen LogP contribution in [0, 0.1) is 0 Å². The van der Waals surface area contributed by atoms with E-state index < -0.39 is 18.9 Å². The van der Waals surface area contributed by atoms with Gasteiger partial charge in [-0.05, 0) is 5.56 Å². The molecule has 0 unspecified atom stereocenters. The summed E-state index contributed by atoms with van der Waals surface area (Å²) in [6.45, 7) is 0.433. The predicted octanol–water partition coefficient (Wildman–Crippen LogP) is -0.570. The molecule has 29 heavy (non-hydrogen) atoms. The van der Waals surface area contributed by atoms with E-state index in [4.69, 9.17) is 14.8 Å². The maximum absolute atomic E-state index is 11.4. The first-order chi connectivity index (χ1) is 13.9. The van der Waals surface area contributed by atoms with Gasteiger partial charge in [0, 0.05) is 33.7 Å². The molecule has 10 nitrogen and oxygen atoms in total. The summed E-state index contributed by atoms with van der Waals surface area (Å²) >= 11 is 0. The molecule has 4 N–H and O–H groups in total. The molecule has 0 fully saturated rings. The van der Waals surface area contributed by atoms with Crippen LogP contribution < -0.4 is 10.6 Å². The van der Waals surface area contributed by atoms with Gasteiger partial charge in [-0.15, -0.1) is 0 Å². The maximum Gasteiger partial charge on any atom is 0.472 e. The highest BCUT2D eigenvalue weighted by Gasteiger charge is 2.11. The first-order valence-corrected chi connectivity index (χ1v) is 8.54. The average Bonchev–Trinajstić information content (AvgIpc) is 2.73. The second-order valence-corrected chi connectivity index (χ2v) is 5.38. The predicted molar refractivity (Wildman–Crippen MR) is 108 cm³/mol. The molecule has 0 aliphatic heterocycles. The molecule has 2 rings (SSSR count). The van der Waals surface area contributed by atoms with Gasteiger partial charge in [0.1, 0.15) is 5.69 Å². The summed E-state index contributed by atoms with van der Waals surface area (Å²) in [7, 11) is 3.34. The normalized spacial score (nSPS) is 9.14. The molecule has 1 aromatic carbocycles. The van der Waals surface area contributed by atoms with E-state index in [-0.39, 0.29) is 18.7 Å². The van der Waals surface area contributed by atoms with Crippen molar-refractivity contribution in [3.8, 4) is 0 Å². The Labute approximate surface area is 170 Å². The van der Waals surface area contributed by atoms with Gasteiger partial charge in [-0.1, -0.05) is 30.3 Å². The maximum atomic E-state index is 11.4. The Morgan fingerprint density at radius 2 is 1.72 bits per heavy atom. The fourth-order valence-electron chi connectivity index (χ4n) is 1.68. The van der Waals surface area contributed by atoms with Crippen LogP contribution in [-0.2, 0) is 20.9 Å². The number of hydrogen-bond acceptors (Lipinski definition) is 8. The lowest BCUT2D eigenvalue weighted by Crippen LogP contribution is -2.41. The second-order valence-electron chi connectivity index (χ2n) is 5.38. The lowest BCUT2D eigenvalue weighted by Gasteiger charge is -2.05. The summed E-state index contributed by atoms with van der Waals surface area (Å²) in [6.07, 6.45) is 3.76. The van der Waals surface area contributed by atoms with Crippen molar-refractivity contribution in [3.05, 3.63) is 60.2 Å². The van der Waals surface area contributed by atoms with Crippen LogP contribution in [0.25, 0.3) is 0 Å². The molecule has 1 heterocycles. The van der Waals surface area contributed by atoms with E-state index in [0.717, 1.165) is 0 Å². The van der Waals surface area contributed by atoms with Gasteiger partial charge in [0.2, 0.25) is 5.91 Å². The first-order valence-electron chi connectivity index (χ1n) is 8.54. The number of rotatable bonds is 7. The van der Waals surface area contributed by atoms with Crippen molar-refractivity contribution in [2.45, 2.75) is 6.61 Å². The van der Waals surface area contributed by atoms with Crippen molar-refractivity contribution in [1.82, 2.24) is 20.6 Å². The van der Waals surface area contributed by atoms with Gasteiger partial charge in [-0.2, -0.15) is 0 Å². The van der Waals surface area contributed by atoms with Gasteiger partial charge < -0.3 is 30.2 Å². The summed E-state index contributed by atoms with van der Waals surface area (Å²) in [4.78, 5) is 29.9. The van der Waals surface area contributed by atoms with Gasteiger partial charge in [-0.25, -0.2) is 4.98 Å². The minimum absolute atomic E-state index is 0.0995. The first kappa shape index (κ1) is 26.1.